The lowest BCUT2D eigenvalue weighted by Crippen LogP contribution is -2.41. The normalized spacial score (nSPS) is 12.9. The van der Waals surface area contributed by atoms with E-state index in [4.69, 9.17) is 15.2 Å². The number of nitro groups is 1. The molecule has 2 rings (SSSR count). The van der Waals surface area contributed by atoms with Gasteiger partial charge in [0.1, 0.15) is 17.5 Å². The van der Waals surface area contributed by atoms with Crippen LogP contribution in [0.1, 0.15) is 11.5 Å². The number of nitrogens with two attached hydrogens (primary N) is 1. The van der Waals surface area contributed by atoms with Gasteiger partial charge in [0.25, 0.3) is 17.4 Å². The van der Waals surface area contributed by atoms with Gasteiger partial charge in [-0.25, -0.2) is 9.97 Å². The molecule has 0 aliphatic rings. The van der Waals surface area contributed by atoms with Crippen LogP contribution in [0.25, 0.3) is 11.0 Å². The lowest BCUT2D eigenvalue weighted by Gasteiger charge is -2.20. The number of carbonyl (C=O) groups excluding carboxylic acids is 1. The quantitative estimate of drug-likeness (QED) is 0.381. The molecule has 2 unspecified atom stereocenters. The minimum atomic E-state index is -1.74. The molecular formula is C15H16N4O8. The standard InChI is InChI=1S/C15H16N4O8/c1-25-12-13(26-2)18-11-7(4-6(19(23)24)5-8(11)17-12)9(15(22)27-3)10(16)14(20)21/h4-5,9-10H,16H2,1-3H3,(H,20,21). The molecule has 0 aliphatic heterocycles. The molecule has 12 heteroatoms. The molecule has 144 valence electrons. The number of fused-ring (bicyclic) bond motifs is 1. The van der Waals surface area contributed by atoms with Crippen molar-refractivity contribution in [3.8, 4) is 11.8 Å². The van der Waals surface area contributed by atoms with Gasteiger partial charge in [-0.1, -0.05) is 0 Å². The Morgan fingerprint density at radius 1 is 1.19 bits per heavy atom. The fraction of sp³-hybridized carbons (Fsp3) is 0.333. The fourth-order valence-corrected chi connectivity index (χ4v) is 2.48. The van der Waals surface area contributed by atoms with Crippen LogP contribution in [-0.2, 0) is 14.3 Å². The number of nitro benzene ring substituents is 1. The summed E-state index contributed by atoms with van der Waals surface area (Å²) < 4.78 is 14.7. The van der Waals surface area contributed by atoms with Crippen LogP contribution >= 0.6 is 0 Å². The van der Waals surface area contributed by atoms with Crippen LogP contribution in [0.15, 0.2) is 12.1 Å². The third-order valence-electron chi connectivity index (χ3n) is 3.75. The molecule has 2 atom stereocenters. The maximum absolute atomic E-state index is 12.2. The highest BCUT2D eigenvalue weighted by Gasteiger charge is 2.36. The van der Waals surface area contributed by atoms with Gasteiger partial charge in [-0.3, -0.25) is 19.7 Å². The molecule has 0 bridgehead atoms. The Morgan fingerprint density at radius 3 is 2.26 bits per heavy atom. The first-order valence-electron chi connectivity index (χ1n) is 7.39. The summed E-state index contributed by atoms with van der Waals surface area (Å²) in [5.74, 6) is -4.18. The van der Waals surface area contributed by atoms with Crippen molar-refractivity contribution < 1.29 is 33.8 Å². The van der Waals surface area contributed by atoms with Crippen LogP contribution in [0.3, 0.4) is 0 Å². The maximum Gasteiger partial charge on any atom is 0.321 e. The van der Waals surface area contributed by atoms with E-state index in [1.54, 1.807) is 0 Å². The highest BCUT2D eigenvalue weighted by molar-refractivity contribution is 5.93. The largest absolute Gasteiger partial charge is 0.480 e. The number of nitrogens with zero attached hydrogens (tertiary/aromatic N) is 3. The van der Waals surface area contributed by atoms with Crippen molar-refractivity contribution in [3.63, 3.8) is 0 Å². The van der Waals surface area contributed by atoms with Crippen molar-refractivity contribution >= 4 is 28.7 Å². The summed E-state index contributed by atoms with van der Waals surface area (Å²) in [4.78, 5) is 42.4. The van der Waals surface area contributed by atoms with E-state index in [1.165, 1.54) is 14.2 Å². The molecule has 0 radical (unpaired) electrons. The molecule has 12 nitrogen and oxygen atoms in total. The number of aliphatic carboxylic acids is 1. The number of ether oxygens (including phenoxy) is 3. The van der Waals surface area contributed by atoms with Crippen molar-refractivity contribution in [2.75, 3.05) is 21.3 Å². The SMILES string of the molecule is COC(=O)C(c1cc([N+](=O)[O-])cc2nc(OC)c(OC)nc12)C(N)C(=O)O. The lowest BCUT2D eigenvalue weighted by atomic mass is 9.90. The molecule has 0 saturated carbocycles. The first-order chi connectivity index (χ1) is 12.7. The van der Waals surface area contributed by atoms with Gasteiger partial charge < -0.3 is 25.1 Å². The van der Waals surface area contributed by atoms with Gasteiger partial charge >= 0.3 is 11.9 Å². The van der Waals surface area contributed by atoms with E-state index in [1.807, 2.05) is 0 Å². The molecule has 0 fully saturated rings. The highest BCUT2D eigenvalue weighted by Crippen LogP contribution is 2.34. The number of hydrogen-bond acceptors (Lipinski definition) is 10. The van der Waals surface area contributed by atoms with E-state index >= 15 is 0 Å². The number of carboxylic acids is 1. The van der Waals surface area contributed by atoms with Gasteiger partial charge in [0.2, 0.25) is 0 Å². The van der Waals surface area contributed by atoms with E-state index in [2.05, 4.69) is 14.7 Å². The summed E-state index contributed by atoms with van der Waals surface area (Å²) in [5.41, 5.74) is 5.05. The molecule has 0 spiro atoms. The zero-order valence-corrected chi connectivity index (χ0v) is 14.5. The number of esters is 1. The molecule has 0 saturated heterocycles. The third-order valence-corrected chi connectivity index (χ3v) is 3.75. The summed E-state index contributed by atoms with van der Waals surface area (Å²) in [7, 11) is 3.64. The molecular weight excluding hydrogens is 364 g/mol. The summed E-state index contributed by atoms with van der Waals surface area (Å²) in [5, 5.41) is 20.5. The minimum Gasteiger partial charge on any atom is -0.480 e. The van der Waals surface area contributed by atoms with E-state index < -0.39 is 34.5 Å². The summed E-state index contributed by atoms with van der Waals surface area (Å²) in [6.45, 7) is 0. The Balaban J connectivity index is 2.90. The maximum atomic E-state index is 12.2. The van der Waals surface area contributed by atoms with Crippen molar-refractivity contribution in [1.82, 2.24) is 9.97 Å². The number of aromatic nitrogens is 2. The first kappa shape index (κ1) is 19.8. The topological polar surface area (TPSA) is 177 Å². The predicted molar refractivity (Wildman–Crippen MR) is 89.7 cm³/mol. The zero-order valence-electron chi connectivity index (χ0n) is 14.5. The second-order valence-electron chi connectivity index (χ2n) is 5.27. The van der Waals surface area contributed by atoms with Gasteiger partial charge in [0.15, 0.2) is 0 Å². The molecule has 0 amide bonds. The second kappa shape index (κ2) is 7.78. The van der Waals surface area contributed by atoms with Crippen molar-refractivity contribution in [2.24, 2.45) is 5.73 Å². The lowest BCUT2D eigenvalue weighted by molar-refractivity contribution is -0.384. The van der Waals surface area contributed by atoms with Crippen molar-refractivity contribution in [1.29, 1.82) is 0 Å². The smallest absolute Gasteiger partial charge is 0.321 e. The average molecular weight is 380 g/mol. The first-order valence-corrected chi connectivity index (χ1v) is 7.39. The number of methoxy groups -OCH3 is 3. The van der Waals surface area contributed by atoms with Gasteiger partial charge in [-0.2, -0.15) is 0 Å². The zero-order chi connectivity index (χ0) is 20.3. The third kappa shape index (κ3) is 3.69. The number of carbonyl (C=O) groups is 2. The van der Waals surface area contributed by atoms with E-state index in [0.29, 0.717) is 0 Å². The average Bonchev–Trinajstić information content (AvgIpc) is 2.65. The van der Waals surface area contributed by atoms with Crippen LogP contribution in [0, 0.1) is 10.1 Å². The number of rotatable bonds is 7. The van der Waals surface area contributed by atoms with Crippen LogP contribution in [0.2, 0.25) is 0 Å². The molecule has 1 aromatic heterocycles. The summed E-state index contributed by atoms with van der Waals surface area (Å²) >= 11 is 0. The molecule has 3 N–H and O–H groups in total. The summed E-state index contributed by atoms with van der Waals surface area (Å²) in [6.07, 6.45) is 0. The molecule has 0 aliphatic carbocycles. The minimum absolute atomic E-state index is 0.00894. The van der Waals surface area contributed by atoms with E-state index in [0.717, 1.165) is 19.2 Å². The Hall–Kier alpha value is -3.54. The highest BCUT2D eigenvalue weighted by atomic mass is 16.6. The van der Waals surface area contributed by atoms with Crippen LogP contribution in [0.4, 0.5) is 5.69 Å². The Kier molecular flexibility index (Phi) is 5.70. The van der Waals surface area contributed by atoms with Crippen molar-refractivity contribution in [2.45, 2.75) is 12.0 Å². The van der Waals surface area contributed by atoms with Gasteiger partial charge in [-0.15, -0.1) is 0 Å². The Labute approximate surface area is 152 Å². The van der Waals surface area contributed by atoms with E-state index in [9.17, 15) is 24.8 Å². The molecule has 27 heavy (non-hydrogen) atoms. The van der Waals surface area contributed by atoms with Gasteiger partial charge in [-0.05, 0) is 0 Å². The van der Waals surface area contributed by atoms with Crippen molar-refractivity contribution in [3.05, 3.63) is 27.8 Å². The number of non-ortho nitro benzene ring substituents is 1. The molecule has 1 aromatic carbocycles. The molecule has 1 heterocycles. The Bertz CT molecular complexity index is 916. The van der Waals surface area contributed by atoms with Gasteiger partial charge in [0.05, 0.1) is 31.8 Å². The number of carboxylic acid groups (broad SMARTS) is 1. The van der Waals surface area contributed by atoms with Gasteiger partial charge in [0, 0.05) is 17.7 Å². The number of benzene rings is 1. The van der Waals surface area contributed by atoms with Crippen LogP contribution in [0.5, 0.6) is 11.8 Å². The van der Waals surface area contributed by atoms with E-state index in [-0.39, 0.29) is 28.4 Å². The fourth-order valence-electron chi connectivity index (χ4n) is 2.48. The summed E-state index contributed by atoms with van der Waals surface area (Å²) in [6, 6.07) is 0.374. The molecule has 2 aromatic rings. The van der Waals surface area contributed by atoms with Crippen LogP contribution in [-0.4, -0.2) is 59.3 Å². The monoisotopic (exact) mass is 380 g/mol. The predicted octanol–water partition coefficient (Wildman–Crippen LogP) is 0.224. The Morgan fingerprint density at radius 2 is 1.78 bits per heavy atom. The second-order valence-corrected chi connectivity index (χ2v) is 5.27. The van der Waals surface area contributed by atoms with Crippen LogP contribution < -0.4 is 15.2 Å². The number of hydrogen-bond donors (Lipinski definition) is 2.